The van der Waals surface area contributed by atoms with Gasteiger partial charge >= 0.3 is 7.12 Å². The average Bonchev–Trinajstić information content (AvgIpc) is 2.72. The van der Waals surface area contributed by atoms with E-state index in [1.165, 1.54) is 12.1 Å². The summed E-state index contributed by atoms with van der Waals surface area (Å²) in [6.45, 7) is 0. The van der Waals surface area contributed by atoms with Gasteiger partial charge in [-0.15, -0.1) is 0 Å². The Bertz CT molecular complexity index is 342. The Balaban J connectivity index is 2.42. The van der Waals surface area contributed by atoms with Crippen LogP contribution in [0.25, 0.3) is 0 Å². The van der Waals surface area contributed by atoms with E-state index in [0.29, 0.717) is 0 Å². The maximum atomic E-state index is 13.1. The Morgan fingerprint density at radius 1 is 1.14 bits per heavy atom. The molecule has 0 spiro atoms. The van der Waals surface area contributed by atoms with Crippen LogP contribution in [0.4, 0.5) is 8.78 Å². The molecule has 1 atom stereocenters. The van der Waals surface area contributed by atoms with Crippen LogP contribution in [0.15, 0.2) is 30.3 Å². The highest BCUT2D eigenvalue weighted by molar-refractivity contribution is 6.47. The molecule has 0 aromatic heterocycles. The van der Waals surface area contributed by atoms with Crippen molar-refractivity contribution >= 4 is 7.12 Å². The number of alkyl halides is 2. The van der Waals surface area contributed by atoms with Gasteiger partial charge in [-0.3, -0.25) is 0 Å². The second-order valence-electron chi connectivity index (χ2n) is 3.59. The molecule has 1 fully saturated rings. The van der Waals surface area contributed by atoms with E-state index in [4.69, 9.17) is 10.0 Å². The summed E-state index contributed by atoms with van der Waals surface area (Å²) in [4.78, 5) is 0. The molecule has 0 bridgehead atoms. The van der Waals surface area contributed by atoms with Gasteiger partial charge in [0, 0.05) is 6.42 Å². The molecule has 14 heavy (non-hydrogen) atoms. The summed E-state index contributed by atoms with van der Waals surface area (Å²) in [6.07, 6.45) is -0.498. The molecule has 0 saturated heterocycles. The van der Waals surface area contributed by atoms with E-state index in [1.54, 1.807) is 18.2 Å². The molecule has 1 aromatic rings. The molecule has 0 heterocycles. The van der Waals surface area contributed by atoms with Crippen LogP contribution in [0.2, 0.25) is 0 Å². The van der Waals surface area contributed by atoms with Crippen LogP contribution in [0.1, 0.15) is 12.0 Å². The fourth-order valence-electron chi connectivity index (χ4n) is 1.78. The molecule has 2 nitrogen and oxygen atoms in total. The Morgan fingerprint density at radius 3 is 2.00 bits per heavy atom. The van der Waals surface area contributed by atoms with Crippen molar-refractivity contribution in [1.82, 2.24) is 0 Å². The normalized spacial score (nSPS) is 28.6. The van der Waals surface area contributed by atoms with Crippen molar-refractivity contribution in [3.63, 3.8) is 0 Å². The summed E-state index contributed by atoms with van der Waals surface area (Å²) in [5.41, 5.74) is 0.278. The Labute approximate surface area is 80.3 Å². The second-order valence-corrected chi connectivity index (χ2v) is 3.59. The SMILES string of the molecule is OB(O)C1(c2ccccc2)CC1(F)F. The zero-order valence-corrected chi connectivity index (χ0v) is 7.32. The molecule has 1 unspecified atom stereocenters. The highest BCUT2D eigenvalue weighted by Gasteiger charge is 2.77. The van der Waals surface area contributed by atoms with Crippen molar-refractivity contribution in [3.05, 3.63) is 35.9 Å². The van der Waals surface area contributed by atoms with E-state index in [0.717, 1.165) is 0 Å². The number of halogens is 2. The summed E-state index contributed by atoms with van der Waals surface area (Å²) in [5.74, 6) is -3.01. The van der Waals surface area contributed by atoms with Crippen molar-refractivity contribution in [2.45, 2.75) is 17.7 Å². The van der Waals surface area contributed by atoms with Crippen LogP contribution < -0.4 is 0 Å². The maximum Gasteiger partial charge on any atom is 0.469 e. The van der Waals surface area contributed by atoms with Gasteiger partial charge < -0.3 is 10.0 Å². The third kappa shape index (κ3) is 1.09. The monoisotopic (exact) mass is 198 g/mol. The van der Waals surface area contributed by atoms with E-state index in [9.17, 15) is 8.78 Å². The molecular formula is C9H9BF2O2. The predicted molar refractivity (Wildman–Crippen MR) is 47.9 cm³/mol. The molecule has 1 aliphatic rings. The fraction of sp³-hybridized carbons (Fsp3) is 0.333. The van der Waals surface area contributed by atoms with Gasteiger partial charge in [0.15, 0.2) is 0 Å². The molecular weight excluding hydrogens is 189 g/mol. The van der Waals surface area contributed by atoms with Crippen molar-refractivity contribution in [2.24, 2.45) is 0 Å². The lowest BCUT2D eigenvalue weighted by Crippen LogP contribution is -2.36. The Hall–Kier alpha value is -0.935. The Morgan fingerprint density at radius 2 is 1.64 bits per heavy atom. The third-order valence-corrected chi connectivity index (χ3v) is 2.76. The summed E-state index contributed by atoms with van der Waals surface area (Å²) < 4.78 is 26.1. The first-order valence-electron chi connectivity index (χ1n) is 4.30. The summed E-state index contributed by atoms with van der Waals surface area (Å²) in [6, 6.07) is 7.88. The quantitative estimate of drug-likeness (QED) is 0.695. The van der Waals surface area contributed by atoms with E-state index in [2.05, 4.69) is 0 Å². The zero-order chi connectivity index (χ0) is 10.4. The smallest absolute Gasteiger partial charge is 0.426 e. The zero-order valence-electron chi connectivity index (χ0n) is 7.32. The van der Waals surface area contributed by atoms with E-state index in [1.807, 2.05) is 0 Å². The van der Waals surface area contributed by atoms with Gasteiger partial charge in [0.1, 0.15) is 0 Å². The second kappa shape index (κ2) is 2.78. The van der Waals surface area contributed by atoms with Crippen molar-refractivity contribution in [3.8, 4) is 0 Å². The van der Waals surface area contributed by atoms with Gasteiger partial charge in [-0.2, -0.15) is 0 Å². The van der Waals surface area contributed by atoms with Crippen LogP contribution in [-0.2, 0) is 5.31 Å². The topological polar surface area (TPSA) is 40.5 Å². The lowest BCUT2D eigenvalue weighted by atomic mass is 9.64. The predicted octanol–water partition coefficient (Wildman–Crippen LogP) is 0.975. The molecule has 2 N–H and O–H groups in total. The van der Waals surface area contributed by atoms with Crippen LogP contribution in [0.3, 0.4) is 0 Å². The molecule has 2 rings (SSSR count). The van der Waals surface area contributed by atoms with Gasteiger partial charge in [0.05, 0.1) is 5.31 Å². The minimum Gasteiger partial charge on any atom is -0.426 e. The van der Waals surface area contributed by atoms with Crippen LogP contribution in [0, 0.1) is 0 Å². The summed E-state index contributed by atoms with van der Waals surface area (Å²) >= 11 is 0. The number of hydrogen-bond donors (Lipinski definition) is 2. The van der Waals surface area contributed by atoms with Crippen molar-refractivity contribution in [2.75, 3.05) is 0 Å². The van der Waals surface area contributed by atoms with Gasteiger partial charge in [-0.25, -0.2) is 8.78 Å². The molecule has 1 saturated carbocycles. The first kappa shape index (κ1) is 9.61. The van der Waals surface area contributed by atoms with E-state index >= 15 is 0 Å². The first-order chi connectivity index (χ1) is 6.51. The van der Waals surface area contributed by atoms with Gasteiger partial charge in [0.25, 0.3) is 5.92 Å². The van der Waals surface area contributed by atoms with Gasteiger partial charge in [0.2, 0.25) is 0 Å². The van der Waals surface area contributed by atoms with Crippen LogP contribution >= 0.6 is 0 Å². The number of benzene rings is 1. The van der Waals surface area contributed by atoms with Gasteiger partial charge in [-0.1, -0.05) is 30.3 Å². The molecule has 0 amide bonds. The van der Waals surface area contributed by atoms with Gasteiger partial charge in [-0.05, 0) is 5.56 Å². The highest BCUT2D eigenvalue weighted by atomic mass is 19.3. The van der Waals surface area contributed by atoms with E-state index < -0.39 is 24.8 Å². The molecule has 0 aliphatic heterocycles. The standard InChI is InChI=1S/C9H9BF2O2/c11-9(12)6-8(9,10(13)14)7-4-2-1-3-5-7/h1-5,13-14H,6H2. The largest absolute Gasteiger partial charge is 0.469 e. The highest BCUT2D eigenvalue weighted by Crippen LogP contribution is 2.61. The van der Waals surface area contributed by atoms with Crippen LogP contribution in [0.5, 0.6) is 0 Å². The molecule has 5 heteroatoms. The number of hydrogen-bond acceptors (Lipinski definition) is 2. The molecule has 1 aromatic carbocycles. The lowest BCUT2D eigenvalue weighted by molar-refractivity contribution is 0.0966. The minimum absolute atomic E-state index is 0.278. The van der Waals surface area contributed by atoms with Crippen LogP contribution in [-0.4, -0.2) is 23.1 Å². The summed E-state index contributed by atoms with van der Waals surface area (Å²) in [7, 11) is -2.01. The number of rotatable bonds is 2. The lowest BCUT2D eigenvalue weighted by Gasteiger charge is -2.14. The van der Waals surface area contributed by atoms with Crippen molar-refractivity contribution < 1.29 is 18.8 Å². The third-order valence-electron chi connectivity index (χ3n) is 2.76. The first-order valence-corrected chi connectivity index (χ1v) is 4.30. The summed E-state index contributed by atoms with van der Waals surface area (Å²) in [5, 5.41) is 16.2. The maximum absolute atomic E-state index is 13.1. The van der Waals surface area contributed by atoms with Crippen molar-refractivity contribution in [1.29, 1.82) is 0 Å². The molecule has 1 aliphatic carbocycles. The molecule has 74 valence electrons. The Kier molecular flexibility index (Phi) is 1.91. The fourth-order valence-corrected chi connectivity index (χ4v) is 1.78. The average molecular weight is 198 g/mol. The van der Waals surface area contributed by atoms with E-state index in [-0.39, 0.29) is 5.56 Å². The molecule has 0 radical (unpaired) electrons. The minimum atomic E-state index is -3.01.